The lowest BCUT2D eigenvalue weighted by atomic mass is 9.61. The van der Waals surface area contributed by atoms with Gasteiger partial charge in [-0.3, -0.25) is 0 Å². The van der Waals surface area contributed by atoms with Gasteiger partial charge >= 0.3 is 0 Å². The lowest BCUT2D eigenvalue weighted by molar-refractivity contribution is 0.0658. The van der Waals surface area contributed by atoms with Crippen LogP contribution in [0.15, 0.2) is 0 Å². The summed E-state index contributed by atoms with van der Waals surface area (Å²) in [6.07, 6.45) is 8.38. The molecule has 0 aliphatic heterocycles. The van der Waals surface area contributed by atoms with E-state index in [4.69, 9.17) is 5.73 Å². The van der Waals surface area contributed by atoms with Crippen LogP contribution in [0.25, 0.3) is 0 Å². The van der Waals surface area contributed by atoms with Gasteiger partial charge in [0.15, 0.2) is 0 Å². The molecule has 2 aliphatic rings. The average molecular weight is 209 g/mol. The third-order valence-electron chi connectivity index (χ3n) is 4.94. The molecule has 2 fully saturated rings. The summed E-state index contributed by atoms with van der Waals surface area (Å²) in [4.78, 5) is 0. The fraction of sp³-hybridized carbons (Fsp3) is 1.00. The molecule has 2 aliphatic carbocycles. The molecule has 0 aromatic heterocycles. The van der Waals surface area contributed by atoms with Gasteiger partial charge in [-0.25, -0.2) is 0 Å². The van der Waals surface area contributed by atoms with Gasteiger partial charge in [-0.05, 0) is 42.4 Å². The maximum absolute atomic E-state index is 6.29. The number of nitrogens with two attached hydrogens (primary N) is 1. The SMILES string of the molecule is CC(C)(C)C1CCC(N)C(C2CCC2)C1. The highest BCUT2D eigenvalue weighted by molar-refractivity contribution is 4.92. The van der Waals surface area contributed by atoms with Crippen molar-refractivity contribution < 1.29 is 0 Å². The van der Waals surface area contributed by atoms with Gasteiger partial charge in [0.1, 0.15) is 0 Å². The molecule has 0 aromatic carbocycles. The van der Waals surface area contributed by atoms with Crippen molar-refractivity contribution in [3.63, 3.8) is 0 Å². The van der Waals surface area contributed by atoms with Crippen molar-refractivity contribution in [3.8, 4) is 0 Å². The smallest absolute Gasteiger partial charge is 0.00700 e. The highest BCUT2D eigenvalue weighted by Crippen LogP contribution is 2.46. The first-order valence-electron chi connectivity index (χ1n) is 6.74. The molecule has 0 saturated heterocycles. The molecule has 0 heterocycles. The number of hydrogen-bond donors (Lipinski definition) is 1. The summed E-state index contributed by atoms with van der Waals surface area (Å²) in [7, 11) is 0. The predicted molar refractivity (Wildman–Crippen MR) is 65.6 cm³/mol. The number of hydrogen-bond acceptors (Lipinski definition) is 1. The van der Waals surface area contributed by atoms with Crippen LogP contribution in [-0.2, 0) is 0 Å². The van der Waals surface area contributed by atoms with E-state index in [9.17, 15) is 0 Å². The van der Waals surface area contributed by atoms with E-state index in [2.05, 4.69) is 20.8 Å². The van der Waals surface area contributed by atoms with E-state index in [1.54, 1.807) is 0 Å². The molecular formula is C14H27N. The molecule has 88 valence electrons. The second-order valence-corrected chi connectivity index (χ2v) is 6.89. The normalized spacial score (nSPS) is 38.8. The Morgan fingerprint density at radius 2 is 1.67 bits per heavy atom. The van der Waals surface area contributed by atoms with Crippen LogP contribution in [0.1, 0.15) is 59.3 Å². The quantitative estimate of drug-likeness (QED) is 0.702. The Bertz CT molecular complexity index is 210. The van der Waals surface area contributed by atoms with E-state index in [1.165, 1.54) is 38.5 Å². The average Bonchev–Trinajstić information content (AvgIpc) is 2.03. The highest BCUT2D eigenvalue weighted by atomic mass is 14.7. The van der Waals surface area contributed by atoms with Crippen LogP contribution in [0.4, 0.5) is 0 Å². The second kappa shape index (κ2) is 4.08. The van der Waals surface area contributed by atoms with Crippen LogP contribution in [0.5, 0.6) is 0 Å². The van der Waals surface area contributed by atoms with Crippen LogP contribution in [0.3, 0.4) is 0 Å². The molecule has 0 amide bonds. The lowest BCUT2D eigenvalue weighted by Gasteiger charge is -2.46. The van der Waals surface area contributed by atoms with Crippen molar-refractivity contribution >= 4 is 0 Å². The van der Waals surface area contributed by atoms with Crippen LogP contribution in [-0.4, -0.2) is 6.04 Å². The zero-order valence-electron chi connectivity index (χ0n) is 10.6. The van der Waals surface area contributed by atoms with Crippen molar-refractivity contribution in [2.75, 3.05) is 0 Å². The molecule has 2 N–H and O–H groups in total. The highest BCUT2D eigenvalue weighted by Gasteiger charge is 2.39. The zero-order chi connectivity index (χ0) is 11.1. The summed E-state index contributed by atoms with van der Waals surface area (Å²) in [5.41, 5.74) is 6.78. The zero-order valence-corrected chi connectivity index (χ0v) is 10.6. The van der Waals surface area contributed by atoms with E-state index >= 15 is 0 Å². The standard InChI is InChI=1S/C14H27N/c1-14(2,3)11-7-8-13(15)12(9-11)10-5-4-6-10/h10-13H,4-9,15H2,1-3H3. The first-order valence-corrected chi connectivity index (χ1v) is 6.74. The van der Waals surface area contributed by atoms with E-state index in [1.807, 2.05) is 0 Å². The van der Waals surface area contributed by atoms with Crippen LogP contribution >= 0.6 is 0 Å². The summed E-state index contributed by atoms with van der Waals surface area (Å²) >= 11 is 0. The molecule has 0 bridgehead atoms. The van der Waals surface area contributed by atoms with E-state index in [-0.39, 0.29) is 0 Å². The van der Waals surface area contributed by atoms with E-state index < -0.39 is 0 Å². The fourth-order valence-electron chi connectivity index (χ4n) is 3.43. The van der Waals surface area contributed by atoms with Crippen molar-refractivity contribution in [1.29, 1.82) is 0 Å². The molecule has 15 heavy (non-hydrogen) atoms. The molecule has 3 unspecified atom stereocenters. The first kappa shape index (κ1) is 11.4. The summed E-state index contributed by atoms with van der Waals surface area (Å²) in [6.45, 7) is 7.19. The minimum Gasteiger partial charge on any atom is -0.327 e. The van der Waals surface area contributed by atoms with Crippen molar-refractivity contribution in [2.24, 2.45) is 28.9 Å². The van der Waals surface area contributed by atoms with Crippen LogP contribution < -0.4 is 5.73 Å². The van der Waals surface area contributed by atoms with Gasteiger partial charge in [0.2, 0.25) is 0 Å². The molecular weight excluding hydrogens is 182 g/mol. The Morgan fingerprint density at radius 3 is 2.13 bits per heavy atom. The van der Waals surface area contributed by atoms with E-state index in [0.717, 1.165) is 17.8 Å². The Kier molecular flexibility index (Phi) is 3.12. The summed E-state index contributed by atoms with van der Waals surface area (Å²) in [6, 6.07) is 0.508. The Labute approximate surface area is 94.8 Å². The van der Waals surface area contributed by atoms with Gasteiger partial charge in [-0.1, -0.05) is 40.0 Å². The molecule has 1 heteroatoms. The fourth-order valence-corrected chi connectivity index (χ4v) is 3.43. The largest absolute Gasteiger partial charge is 0.327 e. The third-order valence-corrected chi connectivity index (χ3v) is 4.94. The topological polar surface area (TPSA) is 26.0 Å². The summed E-state index contributed by atoms with van der Waals surface area (Å²) in [5.74, 6) is 2.73. The Hall–Kier alpha value is -0.0400. The molecule has 2 saturated carbocycles. The second-order valence-electron chi connectivity index (χ2n) is 6.89. The van der Waals surface area contributed by atoms with Gasteiger partial charge in [-0.15, -0.1) is 0 Å². The van der Waals surface area contributed by atoms with Gasteiger partial charge in [0, 0.05) is 6.04 Å². The van der Waals surface area contributed by atoms with Gasteiger partial charge in [0.25, 0.3) is 0 Å². The van der Waals surface area contributed by atoms with Crippen LogP contribution in [0.2, 0.25) is 0 Å². The van der Waals surface area contributed by atoms with Gasteiger partial charge < -0.3 is 5.73 Å². The van der Waals surface area contributed by atoms with Gasteiger partial charge in [0.05, 0.1) is 0 Å². The Balaban J connectivity index is 1.97. The number of rotatable bonds is 1. The maximum atomic E-state index is 6.29. The minimum absolute atomic E-state index is 0.488. The van der Waals surface area contributed by atoms with Gasteiger partial charge in [-0.2, -0.15) is 0 Å². The molecule has 3 atom stereocenters. The molecule has 0 aromatic rings. The van der Waals surface area contributed by atoms with Crippen molar-refractivity contribution in [2.45, 2.75) is 65.3 Å². The monoisotopic (exact) mass is 209 g/mol. The molecule has 1 nitrogen and oxygen atoms in total. The molecule has 2 rings (SSSR count). The van der Waals surface area contributed by atoms with Crippen molar-refractivity contribution in [1.82, 2.24) is 0 Å². The third kappa shape index (κ3) is 2.38. The summed E-state index contributed by atoms with van der Waals surface area (Å²) < 4.78 is 0. The predicted octanol–water partition coefficient (Wildman–Crippen LogP) is 3.58. The summed E-state index contributed by atoms with van der Waals surface area (Å²) in [5, 5.41) is 0. The maximum Gasteiger partial charge on any atom is 0.00700 e. The van der Waals surface area contributed by atoms with Crippen molar-refractivity contribution in [3.05, 3.63) is 0 Å². The minimum atomic E-state index is 0.488. The lowest BCUT2D eigenvalue weighted by Crippen LogP contribution is -2.44. The van der Waals surface area contributed by atoms with E-state index in [0.29, 0.717) is 11.5 Å². The molecule has 0 spiro atoms. The first-order chi connectivity index (χ1) is 6.98. The Morgan fingerprint density at radius 1 is 1.00 bits per heavy atom. The molecule has 0 radical (unpaired) electrons. The van der Waals surface area contributed by atoms with Crippen LogP contribution in [0, 0.1) is 23.2 Å².